The largest absolute Gasteiger partial charge is 0.493 e. The Labute approximate surface area is 122 Å². The molecular weight excluding hydrogens is 268 g/mol. The third-order valence-electron chi connectivity index (χ3n) is 3.13. The van der Waals surface area contributed by atoms with E-state index in [4.69, 9.17) is 10.00 Å². The molecule has 0 saturated carbocycles. The van der Waals surface area contributed by atoms with Crippen molar-refractivity contribution in [2.24, 2.45) is 0 Å². The first kappa shape index (κ1) is 14.5. The van der Waals surface area contributed by atoms with Gasteiger partial charge in [-0.05, 0) is 24.6 Å². The molecule has 0 heterocycles. The summed E-state index contributed by atoms with van der Waals surface area (Å²) < 4.78 is 5.64. The molecule has 0 aliphatic heterocycles. The molecule has 0 aliphatic carbocycles. The van der Waals surface area contributed by atoms with E-state index in [1.165, 1.54) is 6.07 Å². The Morgan fingerprint density at radius 3 is 2.76 bits per heavy atom. The van der Waals surface area contributed by atoms with Gasteiger partial charge in [0.1, 0.15) is 5.75 Å². The highest BCUT2D eigenvalue weighted by molar-refractivity contribution is 5.42. The van der Waals surface area contributed by atoms with Crippen molar-refractivity contribution in [1.29, 1.82) is 5.26 Å². The minimum Gasteiger partial charge on any atom is -0.493 e. The van der Waals surface area contributed by atoms with Gasteiger partial charge in [0.25, 0.3) is 5.69 Å². The van der Waals surface area contributed by atoms with Crippen molar-refractivity contribution in [3.05, 3.63) is 69.3 Å². The molecule has 2 aromatic rings. The maximum absolute atomic E-state index is 10.9. The van der Waals surface area contributed by atoms with Crippen molar-refractivity contribution in [3.63, 3.8) is 0 Å². The summed E-state index contributed by atoms with van der Waals surface area (Å²) in [5.74, 6) is 0.632. The second-order valence-corrected chi connectivity index (χ2v) is 4.58. The highest BCUT2D eigenvalue weighted by Crippen LogP contribution is 2.21. The Morgan fingerprint density at radius 2 is 2.05 bits per heavy atom. The van der Waals surface area contributed by atoms with Crippen LogP contribution in [0.3, 0.4) is 0 Å². The van der Waals surface area contributed by atoms with E-state index in [0.717, 1.165) is 5.56 Å². The van der Waals surface area contributed by atoms with Crippen LogP contribution in [0.4, 0.5) is 5.69 Å². The third kappa shape index (κ3) is 3.57. The van der Waals surface area contributed by atoms with Gasteiger partial charge in [-0.15, -0.1) is 0 Å². The molecule has 2 aromatic carbocycles. The van der Waals surface area contributed by atoms with Gasteiger partial charge in [-0.25, -0.2) is 0 Å². The third-order valence-corrected chi connectivity index (χ3v) is 3.13. The van der Waals surface area contributed by atoms with Crippen molar-refractivity contribution >= 4 is 5.69 Å². The minimum atomic E-state index is -0.392. The van der Waals surface area contributed by atoms with Crippen molar-refractivity contribution < 1.29 is 9.66 Å². The normalized spacial score (nSPS) is 9.90. The number of nitro benzene ring substituents is 1. The lowest BCUT2D eigenvalue weighted by Crippen LogP contribution is -2.05. The van der Waals surface area contributed by atoms with Crippen LogP contribution in [0.2, 0.25) is 0 Å². The molecule has 21 heavy (non-hydrogen) atoms. The number of aryl methyl sites for hydroxylation is 1. The van der Waals surface area contributed by atoms with Crippen LogP contribution in [-0.2, 0) is 6.42 Å². The number of hydrogen-bond acceptors (Lipinski definition) is 4. The highest BCUT2D eigenvalue weighted by Gasteiger charge is 2.12. The van der Waals surface area contributed by atoms with Crippen molar-refractivity contribution in [2.75, 3.05) is 6.61 Å². The molecule has 0 amide bonds. The number of nitriles is 1. The first-order chi connectivity index (χ1) is 10.1. The van der Waals surface area contributed by atoms with E-state index in [9.17, 15) is 10.1 Å². The van der Waals surface area contributed by atoms with Crippen molar-refractivity contribution in [2.45, 2.75) is 13.3 Å². The zero-order chi connectivity index (χ0) is 15.2. The molecule has 0 saturated heterocycles. The molecule has 0 aliphatic rings. The second kappa shape index (κ2) is 6.53. The number of nitro groups is 1. The van der Waals surface area contributed by atoms with Gasteiger partial charge in [-0.1, -0.05) is 24.3 Å². The molecule has 0 radical (unpaired) electrons. The maximum Gasteiger partial charge on any atom is 0.272 e. The van der Waals surface area contributed by atoms with Gasteiger partial charge >= 0.3 is 0 Å². The molecule has 0 unspecified atom stereocenters. The standard InChI is InChI=1S/C16H14N2O3/c1-12-6-7-13(11-17)10-16(12)21-9-8-14-4-2-3-5-15(14)18(19)20/h2-7,10H,8-9H2,1H3. The first-order valence-corrected chi connectivity index (χ1v) is 6.47. The number of rotatable bonds is 5. The van der Waals surface area contributed by atoms with E-state index < -0.39 is 4.92 Å². The summed E-state index contributed by atoms with van der Waals surface area (Å²) in [7, 11) is 0. The average Bonchev–Trinajstić information content (AvgIpc) is 2.49. The fourth-order valence-electron chi connectivity index (χ4n) is 2.00. The van der Waals surface area contributed by atoms with Crippen LogP contribution in [0, 0.1) is 28.4 Å². The Bertz CT molecular complexity index is 705. The highest BCUT2D eigenvalue weighted by atomic mass is 16.6. The molecule has 106 valence electrons. The zero-order valence-electron chi connectivity index (χ0n) is 11.6. The topological polar surface area (TPSA) is 76.2 Å². The lowest BCUT2D eigenvalue weighted by atomic mass is 10.1. The number of hydrogen-bond donors (Lipinski definition) is 0. The molecule has 2 rings (SSSR count). The monoisotopic (exact) mass is 282 g/mol. The molecule has 0 bridgehead atoms. The molecule has 5 nitrogen and oxygen atoms in total. The Morgan fingerprint density at radius 1 is 1.29 bits per heavy atom. The molecular formula is C16H14N2O3. The molecule has 0 N–H and O–H groups in total. The van der Waals surface area contributed by atoms with E-state index in [2.05, 4.69) is 6.07 Å². The van der Waals surface area contributed by atoms with E-state index in [0.29, 0.717) is 29.9 Å². The van der Waals surface area contributed by atoms with Gasteiger partial charge in [-0.2, -0.15) is 5.26 Å². The number of benzene rings is 2. The van der Waals surface area contributed by atoms with E-state index in [-0.39, 0.29) is 5.69 Å². The number of ether oxygens (including phenoxy) is 1. The summed E-state index contributed by atoms with van der Waals surface area (Å²) in [6.07, 6.45) is 0.438. The van der Waals surface area contributed by atoms with Crippen LogP contribution >= 0.6 is 0 Å². The fraction of sp³-hybridized carbons (Fsp3) is 0.188. The lowest BCUT2D eigenvalue weighted by Gasteiger charge is -2.09. The van der Waals surface area contributed by atoms with Crippen LogP contribution < -0.4 is 4.74 Å². The van der Waals surface area contributed by atoms with Gasteiger partial charge in [0, 0.05) is 18.1 Å². The summed E-state index contributed by atoms with van der Waals surface area (Å²) in [6.45, 7) is 2.21. The summed E-state index contributed by atoms with van der Waals surface area (Å²) in [6, 6.07) is 13.9. The van der Waals surface area contributed by atoms with E-state index in [1.54, 1.807) is 30.3 Å². The van der Waals surface area contributed by atoms with Gasteiger partial charge < -0.3 is 4.74 Å². The van der Waals surface area contributed by atoms with Crippen LogP contribution in [-0.4, -0.2) is 11.5 Å². The summed E-state index contributed by atoms with van der Waals surface area (Å²) in [5, 5.41) is 19.8. The molecule has 0 fully saturated rings. The van der Waals surface area contributed by atoms with Crippen LogP contribution in [0.25, 0.3) is 0 Å². The van der Waals surface area contributed by atoms with Gasteiger partial charge in [0.2, 0.25) is 0 Å². The van der Waals surface area contributed by atoms with E-state index in [1.807, 2.05) is 13.0 Å². The van der Waals surface area contributed by atoms with Gasteiger partial charge in [0.05, 0.1) is 23.2 Å². The predicted molar refractivity (Wildman–Crippen MR) is 78.2 cm³/mol. The molecule has 0 aromatic heterocycles. The Kier molecular flexibility index (Phi) is 4.52. The van der Waals surface area contributed by atoms with Crippen molar-refractivity contribution in [1.82, 2.24) is 0 Å². The minimum absolute atomic E-state index is 0.101. The number of para-hydroxylation sites is 1. The SMILES string of the molecule is Cc1ccc(C#N)cc1OCCc1ccccc1[N+](=O)[O-]. The van der Waals surface area contributed by atoms with E-state index >= 15 is 0 Å². The molecule has 5 heteroatoms. The van der Waals surface area contributed by atoms with Gasteiger partial charge in [0.15, 0.2) is 0 Å². The second-order valence-electron chi connectivity index (χ2n) is 4.58. The van der Waals surface area contributed by atoms with Crippen LogP contribution in [0.15, 0.2) is 42.5 Å². The van der Waals surface area contributed by atoms with Gasteiger partial charge in [-0.3, -0.25) is 10.1 Å². The maximum atomic E-state index is 10.9. The summed E-state index contributed by atoms with van der Waals surface area (Å²) in [5.41, 5.74) is 2.19. The average molecular weight is 282 g/mol. The van der Waals surface area contributed by atoms with Crippen LogP contribution in [0.1, 0.15) is 16.7 Å². The summed E-state index contributed by atoms with van der Waals surface area (Å²) in [4.78, 5) is 10.5. The van der Waals surface area contributed by atoms with Crippen molar-refractivity contribution in [3.8, 4) is 11.8 Å². The number of nitrogens with zero attached hydrogens (tertiary/aromatic N) is 2. The summed E-state index contributed by atoms with van der Waals surface area (Å²) >= 11 is 0. The Balaban J connectivity index is 2.06. The first-order valence-electron chi connectivity index (χ1n) is 6.47. The molecule has 0 atom stereocenters. The lowest BCUT2D eigenvalue weighted by molar-refractivity contribution is -0.385. The molecule has 0 spiro atoms. The fourth-order valence-corrected chi connectivity index (χ4v) is 2.00. The Hall–Kier alpha value is -2.87. The van der Waals surface area contributed by atoms with Crippen LogP contribution in [0.5, 0.6) is 5.75 Å². The predicted octanol–water partition coefficient (Wildman–Crippen LogP) is 3.40. The zero-order valence-corrected chi connectivity index (χ0v) is 11.6. The quantitative estimate of drug-likeness (QED) is 0.622. The smallest absolute Gasteiger partial charge is 0.272 e.